The number of pyridine rings is 2. The molecule has 0 aliphatic heterocycles. The van der Waals surface area contributed by atoms with Crippen molar-refractivity contribution in [3.05, 3.63) is 53.0 Å². The van der Waals surface area contributed by atoms with Crippen LogP contribution < -0.4 is 5.32 Å². The molecule has 0 saturated carbocycles. The van der Waals surface area contributed by atoms with Crippen LogP contribution in [0.4, 0.5) is 5.69 Å². The zero-order chi connectivity index (χ0) is 12.1. The zero-order valence-electron chi connectivity index (χ0n) is 8.93. The summed E-state index contributed by atoms with van der Waals surface area (Å²) in [6, 6.07) is 5.42. The third kappa shape index (κ3) is 3.35. The Labute approximate surface area is 107 Å². The molecule has 86 valence electrons. The Morgan fingerprint density at radius 3 is 2.76 bits per heavy atom. The molecule has 2 rings (SSSR count). The van der Waals surface area contributed by atoms with E-state index in [0.29, 0.717) is 12.1 Å². The first kappa shape index (κ1) is 11.7. The second kappa shape index (κ2) is 5.54. The minimum Gasteiger partial charge on any atom is -0.325 e. The number of rotatable bonds is 3. The van der Waals surface area contributed by atoms with Gasteiger partial charge in [-0.25, -0.2) is 0 Å². The highest BCUT2D eigenvalue weighted by molar-refractivity contribution is 9.10. The van der Waals surface area contributed by atoms with Crippen molar-refractivity contribution in [2.45, 2.75) is 6.42 Å². The van der Waals surface area contributed by atoms with Crippen molar-refractivity contribution in [2.24, 2.45) is 0 Å². The van der Waals surface area contributed by atoms with E-state index >= 15 is 0 Å². The minimum absolute atomic E-state index is 0.0788. The molecule has 0 aromatic carbocycles. The molecule has 1 N–H and O–H groups in total. The van der Waals surface area contributed by atoms with Crippen molar-refractivity contribution in [1.82, 2.24) is 9.97 Å². The van der Waals surface area contributed by atoms with E-state index in [1.165, 1.54) is 0 Å². The molecule has 2 aromatic rings. The number of halogens is 1. The summed E-state index contributed by atoms with van der Waals surface area (Å²) in [7, 11) is 0. The Balaban J connectivity index is 2.01. The zero-order valence-corrected chi connectivity index (χ0v) is 10.5. The second-order valence-corrected chi connectivity index (χ2v) is 4.30. The van der Waals surface area contributed by atoms with Crippen molar-refractivity contribution in [1.29, 1.82) is 0 Å². The summed E-state index contributed by atoms with van der Waals surface area (Å²) in [6.45, 7) is 0. The van der Waals surface area contributed by atoms with Crippen LogP contribution in [0.5, 0.6) is 0 Å². The lowest BCUT2D eigenvalue weighted by Gasteiger charge is -2.06. The number of carbonyl (C=O) groups excluding carboxylic acids is 1. The predicted molar refractivity (Wildman–Crippen MR) is 68.5 cm³/mol. The van der Waals surface area contributed by atoms with Gasteiger partial charge < -0.3 is 5.32 Å². The summed E-state index contributed by atoms with van der Waals surface area (Å²) < 4.78 is 0.763. The number of hydrogen-bond acceptors (Lipinski definition) is 3. The molecular weight excluding hydrogens is 282 g/mol. The van der Waals surface area contributed by atoms with Crippen molar-refractivity contribution >= 4 is 27.5 Å². The van der Waals surface area contributed by atoms with Crippen LogP contribution in [0, 0.1) is 0 Å². The molecule has 0 aliphatic carbocycles. The molecule has 0 bridgehead atoms. The first-order valence-electron chi connectivity index (χ1n) is 5.04. The van der Waals surface area contributed by atoms with Gasteiger partial charge in [-0.05, 0) is 33.6 Å². The SMILES string of the molecule is O=C(Cc1cccnc1)Nc1ccncc1Br. The van der Waals surface area contributed by atoms with Crippen LogP contribution in [0.2, 0.25) is 0 Å². The van der Waals surface area contributed by atoms with E-state index in [1.807, 2.05) is 12.1 Å². The van der Waals surface area contributed by atoms with Crippen LogP contribution in [-0.2, 0) is 11.2 Å². The van der Waals surface area contributed by atoms with Gasteiger partial charge in [0.1, 0.15) is 0 Å². The van der Waals surface area contributed by atoms with Gasteiger partial charge in [-0.1, -0.05) is 6.07 Å². The first-order chi connectivity index (χ1) is 8.25. The van der Waals surface area contributed by atoms with Gasteiger partial charge in [0.2, 0.25) is 5.91 Å². The van der Waals surface area contributed by atoms with Gasteiger partial charge >= 0.3 is 0 Å². The van der Waals surface area contributed by atoms with Crippen molar-refractivity contribution < 1.29 is 4.79 Å². The Morgan fingerprint density at radius 2 is 2.06 bits per heavy atom. The van der Waals surface area contributed by atoms with E-state index in [2.05, 4.69) is 31.2 Å². The molecule has 0 atom stereocenters. The minimum atomic E-state index is -0.0788. The largest absolute Gasteiger partial charge is 0.325 e. The number of aromatic nitrogens is 2. The Hall–Kier alpha value is -1.75. The molecule has 2 heterocycles. The topological polar surface area (TPSA) is 54.9 Å². The van der Waals surface area contributed by atoms with Gasteiger partial charge in [-0.3, -0.25) is 14.8 Å². The maximum atomic E-state index is 11.8. The standard InChI is InChI=1S/C12H10BrN3O/c13-10-8-15-5-3-11(10)16-12(17)6-9-2-1-4-14-7-9/h1-5,7-8H,6H2,(H,15,16,17). The lowest BCUT2D eigenvalue weighted by molar-refractivity contribution is -0.115. The lowest BCUT2D eigenvalue weighted by Crippen LogP contribution is -2.14. The summed E-state index contributed by atoms with van der Waals surface area (Å²) in [5.41, 5.74) is 1.60. The van der Waals surface area contributed by atoms with E-state index < -0.39 is 0 Å². The predicted octanol–water partition coefficient (Wildman–Crippen LogP) is 2.42. The van der Waals surface area contributed by atoms with E-state index in [4.69, 9.17) is 0 Å². The van der Waals surface area contributed by atoms with Crippen LogP contribution >= 0.6 is 15.9 Å². The molecule has 0 unspecified atom stereocenters. The van der Waals surface area contributed by atoms with Crippen LogP contribution in [0.3, 0.4) is 0 Å². The van der Waals surface area contributed by atoms with Crippen molar-refractivity contribution in [3.63, 3.8) is 0 Å². The fraction of sp³-hybridized carbons (Fsp3) is 0.0833. The van der Waals surface area contributed by atoms with Crippen LogP contribution in [0.25, 0.3) is 0 Å². The molecule has 4 nitrogen and oxygen atoms in total. The van der Waals surface area contributed by atoms with E-state index in [9.17, 15) is 4.79 Å². The molecule has 0 saturated heterocycles. The van der Waals surface area contributed by atoms with Gasteiger partial charge in [0.05, 0.1) is 16.6 Å². The van der Waals surface area contributed by atoms with Gasteiger partial charge in [-0.2, -0.15) is 0 Å². The van der Waals surface area contributed by atoms with E-state index in [0.717, 1.165) is 10.0 Å². The Bertz CT molecular complexity index is 516. The summed E-state index contributed by atoms with van der Waals surface area (Å²) in [4.78, 5) is 19.6. The number of carbonyl (C=O) groups is 1. The quantitative estimate of drug-likeness (QED) is 0.945. The highest BCUT2D eigenvalue weighted by Crippen LogP contribution is 2.19. The molecule has 0 fully saturated rings. The van der Waals surface area contributed by atoms with Crippen molar-refractivity contribution in [3.8, 4) is 0 Å². The Kier molecular flexibility index (Phi) is 3.82. The van der Waals surface area contributed by atoms with Crippen LogP contribution in [0.15, 0.2) is 47.5 Å². The fourth-order valence-corrected chi connectivity index (χ4v) is 1.71. The lowest BCUT2D eigenvalue weighted by atomic mass is 10.2. The number of nitrogens with one attached hydrogen (secondary N) is 1. The average molecular weight is 292 g/mol. The average Bonchev–Trinajstić information content (AvgIpc) is 2.33. The number of nitrogens with zero attached hydrogens (tertiary/aromatic N) is 2. The van der Waals surface area contributed by atoms with Crippen LogP contribution in [0.1, 0.15) is 5.56 Å². The van der Waals surface area contributed by atoms with Gasteiger partial charge in [-0.15, -0.1) is 0 Å². The molecular formula is C12H10BrN3O. The Morgan fingerprint density at radius 1 is 1.24 bits per heavy atom. The second-order valence-electron chi connectivity index (χ2n) is 3.44. The highest BCUT2D eigenvalue weighted by Gasteiger charge is 2.06. The monoisotopic (exact) mass is 291 g/mol. The maximum Gasteiger partial charge on any atom is 0.228 e. The molecule has 5 heteroatoms. The summed E-state index contributed by atoms with van der Waals surface area (Å²) in [6.07, 6.45) is 6.94. The maximum absolute atomic E-state index is 11.8. The smallest absolute Gasteiger partial charge is 0.228 e. The van der Waals surface area contributed by atoms with Gasteiger partial charge in [0.25, 0.3) is 0 Å². The number of anilines is 1. The molecule has 1 amide bonds. The number of amides is 1. The summed E-state index contributed by atoms with van der Waals surface area (Å²) in [5, 5.41) is 2.81. The van der Waals surface area contributed by atoms with E-state index in [-0.39, 0.29) is 5.91 Å². The van der Waals surface area contributed by atoms with E-state index in [1.54, 1.807) is 30.9 Å². The van der Waals surface area contributed by atoms with Gasteiger partial charge in [0.15, 0.2) is 0 Å². The molecule has 0 aliphatic rings. The van der Waals surface area contributed by atoms with Crippen molar-refractivity contribution in [2.75, 3.05) is 5.32 Å². The third-order valence-electron chi connectivity index (χ3n) is 2.13. The highest BCUT2D eigenvalue weighted by atomic mass is 79.9. The fourth-order valence-electron chi connectivity index (χ4n) is 1.36. The molecule has 17 heavy (non-hydrogen) atoms. The first-order valence-corrected chi connectivity index (χ1v) is 5.83. The third-order valence-corrected chi connectivity index (χ3v) is 2.77. The van der Waals surface area contributed by atoms with Crippen LogP contribution in [-0.4, -0.2) is 15.9 Å². The summed E-state index contributed by atoms with van der Waals surface area (Å²) in [5.74, 6) is -0.0788. The molecule has 0 radical (unpaired) electrons. The normalized spacial score (nSPS) is 9.94. The molecule has 2 aromatic heterocycles. The number of hydrogen-bond donors (Lipinski definition) is 1. The van der Waals surface area contributed by atoms with Gasteiger partial charge in [0, 0.05) is 24.8 Å². The summed E-state index contributed by atoms with van der Waals surface area (Å²) >= 11 is 3.32. The molecule has 0 spiro atoms.